The van der Waals surface area contributed by atoms with Crippen LogP contribution < -0.4 is 9.62 Å². The Kier molecular flexibility index (Phi) is 10.9. The number of halogens is 1. The van der Waals surface area contributed by atoms with Crippen LogP contribution in [0.1, 0.15) is 37.8 Å². The number of nitrogens with one attached hydrogen (secondary N) is 1. The number of carbonyl (C=O) groups excluding carboxylic acids is 2. The number of nitrogens with zero attached hydrogens (tertiary/aromatic N) is 2. The molecule has 0 aromatic heterocycles. The van der Waals surface area contributed by atoms with E-state index in [0.29, 0.717) is 17.1 Å². The second kappa shape index (κ2) is 14.1. The first kappa shape index (κ1) is 30.2. The van der Waals surface area contributed by atoms with Gasteiger partial charge in [-0.3, -0.25) is 13.9 Å². The topological polar surface area (TPSA) is 86.8 Å². The number of hydrogen-bond donors (Lipinski definition) is 1. The van der Waals surface area contributed by atoms with Crippen LogP contribution in [0, 0.1) is 0 Å². The molecule has 208 valence electrons. The highest BCUT2D eigenvalue weighted by Gasteiger charge is 2.31. The number of rotatable bonds is 13. The smallest absolute Gasteiger partial charge is 0.243 e. The lowest BCUT2D eigenvalue weighted by Crippen LogP contribution is -2.51. The van der Waals surface area contributed by atoms with Crippen molar-refractivity contribution in [2.75, 3.05) is 17.1 Å². The highest BCUT2D eigenvalue weighted by molar-refractivity contribution is 7.92. The van der Waals surface area contributed by atoms with Gasteiger partial charge in [-0.05, 0) is 49.6 Å². The molecule has 1 atom stereocenters. The fourth-order valence-electron chi connectivity index (χ4n) is 4.34. The van der Waals surface area contributed by atoms with Crippen molar-refractivity contribution in [3.8, 4) is 0 Å². The Bertz CT molecular complexity index is 1330. The summed E-state index contributed by atoms with van der Waals surface area (Å²) in [7, 11) is -3.55. The van der Waals surface area contributed by atoms with E-state index in [1.54, 1.807) is 35.2 Å². The maximum atomic E-state index is 13.8. The van der Waals surface area contributed by atoms with Crippen molar-refractivity contribution in [3.63, 3.8) is 0 Å². The average molecular weight is 570 g/mol. The van der Waals surface area contributed by atoms with Gasteiger partial charge >= 0.3 is 0 Å². The Morgan fingerprint density at radius 1 is 0.897 bits per heavy atom. The first-order valence-corrected chi connectivity index (χ1v) is 15.2. The van der Waals surface area contributed by atoms with Gasteiger partial charge in [0.15, 0.2) is 0 Å². The third-order valence-corrected chi connectivity index (χ3v) is 7.76. The molecular formula is C30H36ClN3O4S. The van der Waals surface area contributed by atoms with Gasteiger partial charge in [-0.2, -0.15) is 0 Å². The molecule has 39 heavy (non-hydrogen) atoms. The summed E-state index contributed by atoms with van der Waals surface area (Å²) in [6.07, 6.45) is 1.82. The molecule has 2 amide bonds. The number of benzene rings is 3. The minimum absolute atomic E-state index is 0.0591. The van der Waals surface area contributed by atoms with Crippen molar-refractivity contribution in [2.24, 2.45) is 0 Å². The van der Waals surface area contributed by atoms with Crippen LogP contribution in [0.2, 0.25) is 5.02 Å². The Balaban J connectivity index is 1.88. The third-order valence-electron chi connectivity index (χ3n) is 6.20. The molecule has 0 fully saturated rings. The summed E-state index contributed by atoms with van der Waals surface area (Å²) in [4.78, 5) is 28.8. The summed E-state index contributed by atoms with van der Waals surface area (Å²) in [6.45, 7) is 4.04. The Hall–Kier alpha value is -3.36. The normalized spacial score (nSPS) is 12.1. The number of carbonyl (C=O) groups is 2. The zero-order chi connectivity index (χ0) is 28.4. The highest BCUT2D eigenvalue weighted by Crippen LogP contribution is 2.22. The van der Waals surface area contributed by atoms with E-state index in [2.05, 4.69) is 5.32 Å². The van der Waals surface area contributed by atoms with Crippen molar-refractivity contribution in [1.82, 2.24) is 10.2 Å². The summed E-state index contributed by atoms with van der Waals surface area (Å²) in [5.41, 5.74) is 2.19. The maximum Gasteiger partial charge on any atom is 0.243 e. The number of sulfonamides is 1. The molecule has 3 rings (SSSR count). The molecular weight excluding hydrogens is 534 g/mol. The summed E-state index contributed by atoms with van der Waals surface area (Å²) in [5.74, 6) is -0.507. The van der Waals surface area contributed by atoms with Crippen LogP contribution in [0.25, 0.3) is 0 Å². The molecule has 0 unspecified atom stereocenters. The van der Waals surface area contributed by atoms with E-state index in [9.17, 15) is 18.0 Å². The molecule has 0 aliphatic heterocycles. The van der Waals surface area contributed by atoms with Crippen LogP contribution >= 0.6 is 11.6 Å². The number of anilines is 1. The molecule has 0 radical (unpaired) electrons. The first-order chi connectivity index (χ1) is 18.6. The van der Waals surface area contributed by atoms with Gasteiger partial charge in [-0.25, -0.2) is 8.42 Å². The molecule has 0 aliphatic carbocycles. The van der Waals surface area contributed by atoms with E-state index in [1.807, 2.05) is 68.4 Å². The molecule has 0 saturated carbocycles. The van der Waals surface area contributed by atoms with Crippen LogP contribution in [0.5, 0.6) is 0 Å². The van der Waals surface area contributed by atoms with E-state index in [4.69, 9.17) is 11.6 Å². The van der Waals surface area contributed by atoms with Crippen molar-refractivity contribution in [1.29, 1.82) is 0 Å². The van der Waals surface area contributed by atoms with Gasteiger partial charge < -0.3 is 10.2 Å². The van der Waals surface area contributed by atoms with E-state index in [1.165, 1.54) is 4.31 Å². The fourth-order valence-corrected chi connectivity index (χ4v) is 5.50. The van der Waals surface area contributed by atoms with E-state index >= 15 is 0 Å². The van der Waals surface area contributed by atoms with E-state index < -0.39 is 16.1 Å². The minimum atomic E-state index is -3.55. The SMILES string of the molecule is CC(C)NC(=O)[C@H](Cc1ccccc1)N(Cc1ccccc1Cl)C(=O)CCCN(c1ccccc1)S(C)(=O)=O. The molecule has 0 heterocycles. The summed E-state index contributed by atoms with van der Waals surface area (Å²) < 4.78 is 26.3. The van der Waals surface area contributed by atoms with Crippen molar-refractivity contribution in [2.45, 2.75) is 51.7 Å². The standard InChI is InChI=1S/C30H36ClN3O4S/c1-23(2)32-30(36)28(21-24-13-6-4-7-14-24)33(22-25-15-10-11-18-27(25)31)29(35)19-12-20-34(39(3,37)38)26-16-8-5-9-17-26/h4-11,13-18,23,28H,12,19-22H2,1-3H3,(H,32,36)/t28-/m0/s1. The lowest BCUT2D eigenvalue weighted by Gasteiger charge is -2.32. The molecule has 0 spiro atoms. The van der Waals surface area contributed by atoms with E-state index in [0.717, 1.165) is 17.4 Å². The molecule has 0 aliphatic rings. The second-order valence-corrected chi connectivity index (χ2v) is 12.1. The second-order valence-electron chi connectivity index (χ2n) is 9.76. The molecule has 3 aromatic carbocycles. The number of hydrogen-bond acceptors (Lipinski definition) is 4. The largest absolute Gasteiger partial charge is 0.352 e. The number of para-hydroxylation sites is 1. The van der Waals surface area contributed by atoms with Crippen molar-refractivity contribution < 1.29 is 18.0 Å². The van der Waals surface area contributed by atoms with Gasteiger partial charge in [-0.15, -0.1) is 0 Å². The van der Waals surface area contributed by atoms with Crippen molar-refractivity contribution >= 4 is 39.1 Å². The van der Waals surface area contributed by atoms with Gasteiger partial charge in [0.05, 0.1) is 11.9 Å². The molecule has 0 bridgehead atoms. The summed E-state index contributed by atoms with van der Waals surface area (Å²) in [6, 6.07) is 24.7. The quantitative estimate of drug-likeness (QED) is 0.312. The Morgan fingerprint density at radius 2 is 1.49 bits per heavy atom. The van der Waals surface area contributed by atoms with Crippen molar-refractivity contribution in [3.05, 3.63) is 101 Å². The predicted octanol–water partition coefficient (Wildman–Crippen LogP) is 5.05. The van der Waals surface area contributed by atoms with Crippen LogP contribution in [0.3, 0.4) is 0 Å². The monoisotopic (exact) mass is 569 g/mol. The van der Waals surface area contributed by atoms with Gasteiger partial charge in [-0.1, -0.05) is 78.3 Å². The van der Waals surface area contributed by atoms with Gasteiger partial charge in [0.2, 0.25) is 21.8 Å². The van der Waals surface area contributed by atoms with Crippen LogP contribution in [0.15, 0.2) is 84.9 Å². The van der Waals surface area contributed by atoms with Gasteiger partial charge in [0.25, 0.3) is 0 Å². The predicted molar refractivity (Wildman–Crippen MR) is 157 cm³/mol. The maximum absolute atomic E-state index is 13.8. The molecule has 9 heteroatoms. The molecule has 7 nitrogen and oxygen atoms in total. The zero-order valence-electron chi connectivity index (χ0n) is 22.6. The summed E-state index contributed by atoms with van der Waals surface area (Å²) >= 11 is 6.45. The van der Waals surface area contributed by atoms with Gasteiger partial charge in [0, 0.05) is 37.0 Å². The third kappa shape index (κ3) is 9.11. The minimum Gasteiger partial charge on any atom is -0.352 e. The first-order valence-electron chi connectivity index (χ1n) is 13.0. The lowest BCUT2D eigenvalue weighted by molar-refractivity contribution is -0.141. The number of amides is 2. The van der Waals surface area contributed by atoms with Crippen LogP contribution in [0.4, 0.5) is 5.69 Å². The molecule has 0 saturated heterocycles. The lowest BCUT2D eigenvalue weighted by atomic mass is 10.0. The highest BCUT2D eigenvalue weighted by atomic mass is 35.5. The molecule has 1 N–H and O–H groups in total. The molecule has 3 aromatic rings. The fraction of sp³-hybridized carbons (Fsp3) is 0.333. The zero-order valence-corrected chi connectivity index (χ0v) is 24.2. The Morgan fingerprint density at radius 3 is 2.08 bits per heavy atom. The average Bonchev–Trinajstić information content (AvgIpc) is 2.89. The van der Waals surface area contributed by atoms with Crippen LogP contribution in [-0.2, 0) is 32.6 Å². The van der Waals surface area contributed by atoms with E-state index in [-0.39, 0.29) is 43.8 Å². The summed E-state index contributed by atoms with van der Waals surface area (Å²) in [5, 5.41) is 3.47. The van der Waals surface area contributed by atoms with Gasteiger partial charge in [0.1, 0.15) is 6.04 Å². The van der Waals surface area contributed by atoms with Crippen LogP contribution in [-0.4, -0.2) is 50.0 Å². The Labute approximate surface area is 236 Å².